The SMILES string of the molecule is COc1cc(Nc2cc(N3CC[NH+](C)CC3)c3noc4c3c2C(=O)c2ccccc2-4)cc(OC)c1OC. The number of nitrogens with one attached hydrogen (secondary N) is 2. The van der Waals surface area contributed by atoms with Gasteiger partial charge in [0, 0.05) is 28.9 Å². The molecule has 0 saturated carbocycles. The summed E-state index contributed by atoms with van der Waals surface area (Å²) >= 11 is 0. The molecule has 1 saturated heterocycles. The van der Waals surface area contributed by atoms with Crippen LogP contribution in [-0.4, -0.2) is 65.5 Å². The molecule has 1 fully saturated rings. The van der Waals surface area contributed by atoms with Crippen LogP contribution in [0.4, 0.5) is 17.1 Å². The van der Waals surface area contributed by atoms with Crippen LogP contribution in [0.1, 0.15) is 15.9 Å². The predicted molar refractivity (Wildman–Crippen MR) is 141 cm³/mol. The summed E-state index contributed by atoms with van der Waals surface area (Å²) in [7, 11) is 6.93. The Bertz CT molecular complexity index is 1500. The van der Waals surface area contributed by atoms with Gasteiger partial charge in [0.1, 0.15) is 5.52 Å². The van der Waals surface area contributed by atoms with E-state index in [-0.39, 0.29) is 5.78 Å². The fourth-order valence-corrected chi connectivity index (χ4v) is 5.32. The highest BCUT2D eigenvalue weighted by molar-refractivity contribution is 6.28. The molecule has 0 spiro atoms. The molecule has 0 amide bonds. The number of aromatic nitrogens is 1. The van der Waals surface area contributed by atoms with E-state index in [0.717, 1.165) is 42.8 Å². The van der Waals surface area contributed by atoms with E-state index in [1.54, 1.807) is 21.3 Å². The first kappa shape index (κ1) is 23.2. The van der Waals surface area contributed by atoms with E-state index >= 15 is 0 Å². The highest BCUT2D eigenvalue weighted by Crippen LogP contribution is 2.47. The molecule has 6 rings (SSSR count). The molecule has 37 heavy (non-hydrogen) atoms. The van der Waals surface area contributed by atoms with Gasteiger partial charge < -0.3 is 33.9 Å². The third kappa shape index (κ3) is 3.65. The molecule has 1 aliphatic heterocycles. The Morgan fingerprint density at radius 3 is 2.30 bits per heavy atom. The highest BCUT2D eigenvalue weighted by atomic mass is 16.5. The van der Waals surface area contributed by atoms with Crippen molar-refractivity contribution < 1.29 is 28.4 Å². The predicted octanol–water partition coefficient (Wildman–Crippen LogP) is 3.14. The quantitative estimate of drug-likeness (QED) is 0.367. The number of likely N-dealkylation sites (N-methyl/N-ethyl adjacent to an activating group) is 1. The number of carbonyl (C=O) groups excluding carboxylic acids is 1. The molecule has 0 atom stereocenters. The number of benzene rings is 3. The fourth-order valence-electron chi connectivity index (χ4n) is 5.32. The molecule has 0 unspecified atom stereocenters. The number of fused-ring (bicyclic) bond motifs is 2. The minimum atomic E-state index is -0.0689. The maximum absolute atomic E-state index is 13.9. The monoisotopic (exact) mass is 501 g/mol. The fraction of sp³-hybridized carbons (Fsp3) is 0.286. The standard InChI is InChI=1S/C28H28N4O5/c1-31-9-11-32(12-10-31)20-15-19(29-16-13-21(34-2)28(36-4)22(14-16)35-3)23-24-25(20)30-37-27(24)18-8-6-5-7-17(18)26(23)33/h5-8,13-15,29H,9-12H2,1-4H3/p+1. The van der Waals surface area contributed by atoms with Gasteiger partial charge in [0.25, 0.3) is 0 Å². The van der Waals surface area contributed by atoms with Crippen LogP contribution >= 0.6 is 0 Å². The van der Waals surface area contributed by atoms with Gasteiger partial charge in [0.2, 0.25) is 5.75 Å². The Kier molecular flexibility index (Phi) is 5.64. The smallest absolute Gasteiger partial charge is 0.203 e. The van der Waals surface area contributed by atoms with Crippen LogP contribution in [0.15, 0.2) is 47.0 Å². The van der Waals surface area contributed by atoms with Crippen molar-refractivity contribution in [2.75, 3.05) is 64.8 Å². The summed E-state index contributed by atoms with van der Waals surface area (Å²) in [6, 6.07) is 13.2. The van der Waals surface area contributed by atoms with Gasteiger partial charge in [-0.3, -0.25) is 4.79 Å². The highest BCUT2D eigenvalue weighted by Gasteiger charge is 2.34. The number of ether oxygens (including phenoxy) is 3. The zero-order valence-electron chi connectivity index (χ0n) is 21.3. The summed E-state index contributed by atoms with van der Waals surface area (Å²) in [6.45, 7) is 3.81. The lowest BCUT2D eigenvalue weighted by Gasteiger charge is -2.32. The first-order valence-electron chi connectivity index (χ1n) is 12.3. The average Bonchev–Trinajstić information content (AvgIpc) is 3.37. The largest absolute Gasteiger partial charge is 0.493 e. The van der Waals surface area contributed by atoms with Gasteiger partial charge in [-0.15, -0.1) is 0 Å². The molecule has 0 radical (unpaired) electrons. The van der Waals surface area contributed by atoms with Crippen LogP contribution in [0.5, 0.6) is 17.2 Å². The summed E-state index contributed by atoms with van der Waals surface area (Å²) in [5, 5.41) is 8.70. The van der Waals surface area contributed by atoms with Crippen molar-refractivity contribution >= 4 is 33.7 Å². The van der Waals surface area contributed by atoms with E-state index in [0.29, 0.717) is 51.0 Å². The second kappa shape index (κ2) is 9.01. The normalized spacial score (nSPS) is 15.0. The van der Waals surface area contributed by atoms with Gasteiger partial charge in [-0.25, -0.2) is 0 Å². The lowest BCUT2D eigenvalue weighted by molar-refractivity contribution is -0.880. The van der Waals surface area contributed by atoms with Crippen LogP contribution < -0.4 is 29.3 Å². The van der Waals surface area contributed by atoms with E-state index in [1.165, 1.54) is 4.90 Å². The summed E-state index contributed by atoms with van der Waals surface area (Å²) < 4.78 is 22.5. The number of hydrogen-bond acceptors (Lipinski definition) is 8. The van der Waals surface area contributed by atoms with Crippen molar-refractivity contribution in [3.63, 3.8) is 0 Å². The van der Waals surface area contributed by atoms with Crippen molar-refractivity contribution in [1.82, 2.24) is 5.16 Å². The van der Waals surface area contributed by atoms with Gasteiger partial charge in [-0.1, -0.05) is 29.4 Å². The lowest BCUT2D eigenvalue weighted by Crippen LogP contribution is -3.12. The molecule has 3 aromatic carbocycles. The minimum Gasteiger partial charge on any atom is -0.493 e. The molecule has 9 heteroatoms. The molecule has 4 aromatic rings. The summed E-state index contributed by atoms with van der Waals surface area (Å²) in [5.74, 6) is 2.09. The van der Waals surface area contributed by atoms with E-state index in [4.69, 9.17) is 18.7 Å². The van der Waals surface area contributed by atoms with Gasteiger partial charge in [-0.2, -0.15) is 0 Å². The Morgan fingerprint density at radius 1 is 0.973 bits per heavy atom. The van der Waals surface area contributed by atoms with Crippen LogP contribution in [0.2, 0.25) is 0 Å². The van der Waals surface area contributed by atoms with Gasteiger partial charge in [-0.05, 0) is 6.07 Å². The minimum absolute atomic E-state index is 0.0689. The van der Waals surface area contributed by atoms with Crippen LogP contribution in [0, 0.1) is 0 Å². The number of carbonyl (C=O) groups is 1. The molecule has 2 heterocycles. The van der Waals surface area contributed by atoms with Gasteiger partial charge in [0.15, 0.2) is 23.0 Å². The Hall–Kier alpha value is -4.24. The summed E-state index contributed by atoms with van der Waals surface area (Å²) in [5.41, 5.74) is 4.93. The third-order valence-corrected chi connectivity index (χ3v) is 7.28. The maximum Gasteiger partial charge on any atom is 0.203 e. The second-order valence-corrected chi connectivity index (χ2v) is 9.41. The first-order chi connectivity index (χ1) is 18.0. The third-order valence-electron chi connectivity index (χ3n) is 7.28. The first-order valence-corrected chi connectivity index (χ1v) is 12.3. The average molecular weight is 502 g/mol. The molecule has 1 aromatic heterocycles. The maximum atomic E-state index is 13.9. The Balaban J connectivity index is 1.56. The Labute approximate surface area is 214 Å². The number of anilines is 3. The summed E-state index contributed by atoms with van der Waals surface area (Å²) in [4.78, 5) is 17.7. The molecule has 1 aliphatic carbocycles. The van der Waals surface area contributed by atoms with E-state index in [2.05, 4.69) is 22.4 Å². The van der Waals surface area contributed by atoms with E-state index < -0.39 is 0 Å². The van der Waals surface area contributed by atoms with Crippen molar-refractivity contribution in [2.24, 2.45) is 0 Å². The molecular formula is C28H29N4O5+. The number of piperazine rings is 1. The lowest BCUT2D eigenvalue weighted by atomic mass is 9.86. The van der Waals surface area contributed by atoms with Crippen molar-refractivity contribution in [3.8, 4) is 28.6 Å². The van der Waals surface area contributed by atoms with Crippen LogP contribution in [0.25, 0.3) is 22.2 Å². The molecule has 2 aliphatic rings. The number of quaternary nitrogens is 1. The van der Waals surface area contributed by atoms with Crippen LogP contribution in [-0.2, 0) is 0 Å². The van der Waals surface area contributed by atoms with Crippen molar-refractivity contribution in [3.05, 3.63) is 53.6 Å². The van der Waals surface area contributed by atoms with Gasteiger partial charge in [0.05, 0.1) is 76.9 Å². The second-order valence-electron chi connectivity index (χ2n) is 9.41. The van der Waals surface area contributed by atoms with Crippen LogP contribution in [0.3, 0.4) is 0 Å². The zero-order valence-corrected chi connectivity index (χ0v) is 21.3. The topological polar surface area (TPSA) is 90.5 Å². The molecular weight excluding hydrogens is 472 g/mol. The van der Waals surface area contributed by atoms with E-state index in [9.17, 15) is 4.79 Å². The number of rotatable bonds is 6. The molecule has 2 N–H and O–H groups in total. The number of ketones is 1. The molecule has 190 valence electrons. The zero-order chi connectivity index (χ0) is 25.7. The van der Waals surface area contributed by atoms with Crippen molar-refractivity contribution in [1.29, 1.82) is 0 Å². The van der Waals surface area contributed by atoms with E-state index in [1.807, 2.05) is 42.5 Å². The number of nitrogens with zero attached hydrogens (tertiary/aromatic N) is 2. The number of hydrogen-bond donors (Lipinski definition) is 2. The molecule has 0 bridgehead atoms. The molecule has 9 nitrogen and oxygen atoms in total. The summed E-state index contributed by atoms with van der Waals surface area (Å²) in [6.07, 6.45) is 0. The Morgan fingerprint density at radius 2 is 1.65 bits per heavy atom. The number of methoxy groups -OCH3 is 3. The van der Waals surface area contributed by atoms with Crippen molar-refractivity contribution in [2.45, 2.75) is 0 Å². The van der Waals surface area contributed by atoms with Gasteiger partial charge >= 0.3 is 0 Å².